The highest BCUT2D eigenvalue weighted by Crippen LogP contribution is 2.21. The highest BCUT2D eigenvalue weighted by atomic mass is 35.5. The van der Waals surface area contributed by atoms with Crippen LogP contribution in [0.3, 0.4) is 0 Å². The van der Waals surface area contributed by atoms with E-state index in [1.165, 1.54) is 12.3 Å². The van der Waals surface area contributed by atoms with E-state index in [1.807, 2.05) is 0 Å². The van der Waals surface area contributed by atoms with Gasteiger partial charge in [-0.25, -0.2) is 13.5 Å². The Morgan fingerprint density at radius 1 is 1.31 bits per heavy atom. The van der Waals surface area contributed by atoms with Crippen LogP contribution in [0, 0.1) is 23.0 Å². The molecule has 0 spiro atoms. The van der Waals surface area contributed by atoms with Gasteiger partial charge in [-0.1, -0.05) is 11.6 Å². The van der Waals surface area contributed by atoms with Crippen molar-refractivity contribution in [2.75, 3.05) is 0 Å². The number of aromatic nitrogens is 2. The molecule has 3 nitrogen and oxygen atoms in total. The summed E-state index contributed by atoms with van der Waals surface area (Å²) in [5, 5.41) is 12.4. The molecule has 0 fully saturated rings. The quantitative estimate of drug-likeness (QED) is 0.768. The van der Waals surface area contributed by atoms with Gasteiger partial charge in [-0.05, 0) is 12.1 Å². The maximum absolute atomic E-state index is 13.5. The zero-order chi connectivity index (χ0) is 11.7. The first-order valence-corrected chi connectivity index (χ1v) is 4.60. The standard InChI is InChI=1S/C10H4ClF2N3/c11-10-1-2-15-16(10)9-4-7(12)6(5-14)3-8(9)13/h1-4H. The first-order valence-electron chi connectivity index (χ1n) is 4.22. The summed E-state index contributed by atoms with van der Waals surface area (Å²) >= 11 is 5.72. The van der Waals surface area contributed by atoms with Crippen molar-refractivity contribution in [3.05, 3.63) is 46.7 Å². The zero-order valence-corrected chi connectivity index (χ0v) is 8.54. The van der Waals surface area contributed by atoms with Crippen LogP contribution in [0.5, 0.6) is 0 Å². The van der Waals surface area contributed by atoms with Crippen LogP contribution < -0.4 is 0 Å². The Kier molecular flexibility index (Phi) is 2.59. The number of hydrogen-bond donors (Lipinski definition) is 0. The maximum Gasteiger partial charge on any atom is 0.150 e. The molecule has 2 aromatic rings. The van der Waals surface area contributed by atoms with Gasteiger partial charge in [-0.15, -0.1) is 0 Å². The molecule has 1 aromatic carbocycles. The van der Waals surface area contributed by atoms with Gasteiger partial charge in [-0.3, -0.25) is 0 Å². The number of hydrogen-bond acceptors (Lipinski definition) is 2. The average Bonchev–Trinajstić information content (AvgIpc) is 2.67. The van der Waals surface area contributed by atoms with Crippen LogP contribution in [-0.4, -0.2) is 9.78 Å². The number of nitrogens with zero attached hydrogens (tertiary/aromatic N) is 3. The minimum atomic E-state index is -0.814. The molecule has 0 saturated carbocycles. The van der Waals surface area contributed by atoms with E-state index in [0.717, 1.165) is 16.8 Å². The average molecular weight is 240 g/mol. The fraction of sp³-hybridized carbons (Fsp3) is 0. The minimum Gasteiger partial charge on any atom is -0.219 e. The van der Waals surface area contributed by atoms with Gasteiger partial charge < -0.3 is 0 Å². The van der Waals surface area contributed by atoms with Crippen LogP contribution in [0.1, 0.15) is 5.56 Å². The lowest BCUT2D eigenvalue weighted by molar-refractivity contribution is 0.584. The molecule has 0 aliphatic rings. The van der Waals surface area contributed by atoms with E-state index in [9.17, 15) is 8.78 Å². The Hall–Kier alpha value is -1.93. The monoisotopic (exact) mass is 239 g/mol. The van der Waals surface area contributed by atoms with E-state index in [2.05, 4.69) is 5.10 Å². The molecular weight excluding hydrogens is 236 g/mol. The Morgan fingerprint density at radius 2 is 2.06 bits per heavy atom. The third kappa shape index (κ3) is 1.64. The first kappa shape index (κ1) is 10.6. The molecule has 1 aromatic heterocycles. The maximum atomic E-state index is 13.5. The molecule has 0 radical (unpaired) electrons. The summed E-state index contributed by atoms with van der Waals surface area (Å²) < 4.78 is 27.8. The van der Waals surface area contributed by atoms with Gasteiger partial charge >= 0.3 is 0 Å². The van der Waals surface area contributed by atoms with Crippen LogP contribution in [0.4, 0.5) is 8.78 Å². The second-order valence-electron chi connectivity index (χ2n) is 2.96. The van der Waals surface area contributed by atoms with E-state index >= 15 is 0 Å². The first-order chi connectivity index (χ1) is 7.63. The van der Waals surface area contributed by atoms with Gasteiger partial charge in [0.2, 0.25) is 0 Å². The van der Waals surface area contributed by atoms with E-state index in [1.54, 1.807) is 6.07 Å². The SMILES string of the molecule is N#Cc1cc(F)c(-n2nccc2Cl)cc1F. The molecular formula is C10H4ClF2N3. The number of halogens is 3. The summed E-state index contributed by atoms with van der Waals surface area (Å²) in [7, 11) is 0. The number of benzene rings is 1. The van der Waals surface area contributed by atoms with Crippen molar-refractivity contribution >= 4 is 11.6 Å². The van der Waals surface area contributed by atoms with Gasteiger partial charge in [-0.2, -0.15) is 10.4 Å². The molecule has 0 aliphatic heterocycles. The van der Waals surface area contributed by atoms with Crippen LogP contribution >= 0.6 is 11.6 Å². The molecule has 0 aliphatic carbocycles. The van der Waals surface area contributed by atoms with Crippen molar-refractivity contribution < 1.29 is 8.78 Å². The third-order valence-electron chi connectivity index (χ3n) is 1.98. The fourth-order valence-electron chi connectivity index (χ4n) is 1.25. The molecule has 0 atom stereocenters. The highest BCUT2D eigenvalue weighted by molar-refractivity contribution is 6.29. The topological polar surface area (TPSA) is 41.6 Å². The minimum absolute atomic E-state index is 0.133. The van der Waals surface area contributed by atoms with Crippen LogP contribution in [0.2, 0.25) is 5.15 Å². The summed E-state index contributed by atoms with van der Waals surface area (Å²) in [4.78, 5) is 0. The van der Waals surface area contributed by atoms with Gasteiger partial charge in [0.1, 0.15) is 28.5 Å². The molecule has 6 heteroatoms. The molecule has 80 valence electrons. The number of rotatable bonds is 1. The van der Waals surface area contributed by atoms with E-state index in [-0.39, 0.29) is 16.4 Å². The molecule has 1 heterocycles. The van der Waals surface area contributed by atoms with Gasteiger partial charge in [0, 0.05) is 6.07 Å². The summed E-state index contributed by atoms with van der Waals surface area (Å²) in [6.45, 7) is 0. The Balaban J connectivity index is 2.65. The molecule has 0 N–H and O–H groups in total. The predicted octanol–water partition coefficient (Wildman–Crippen LogP) is 2.68. The molecule has 0 saturated heterocycles. The zero-order valence-electron chi connectivity index (χ0n) is 7.78. The predicted molar refractivity (Wildman–Crippen MR) is 53.2 cm³/mol. The van der Waals surface area contributed by atoms with Crippen LogP contribution in [0.25, 0.3) is 5.69 Å². The van der Waals surface area contributed by atoms with E-state index < -0.39 is 11.6 Å². The summed E-state index contributed by atoms with van der Waals surface area (Å²) in [5.41, 5.74) is -0.490. The number of nitriles is 1. The molecule has 0 unspecified atom stereocenters. The van der Waals surface area contributed by atoms with Crippen molar-refractivity contribution in [3.63, 3.8) is 0 Å². The summed E-state index contributed by atoms with van der Waals surface area (Å²) in [6.07, 6.45) is 1.36. The normalized spacial score (nSPS) is 10.1. The van der Waals surface area contributed by atoms with Crippen LogP contribution in [-0.2, 0) is 0 Å². The Bertz CT molecular complexity index is 586. The van der Waals surface area contributed by atoms with Crippen molar-refractivity contribution in [1.29, 1.82) is 5.26 Å². The second kappa shape index (κ2) is 3.91. The summed E-state index contributed by atoms with van der Waals surface area (Å²) in [5.74, 6) is -1.57. The van der Waals surface area contributed by atoms with Crippen LogP contribution in [0.15, 0.2) is 24.4 Å². The lowest BCUT2D eigenvalue weighted by Crippen LogP contribution is -2.02. The van der Waals surface area contributed by atoms with Gasteiger partial charge in [0.05, 0.1) is 11.8 Å². The molecule has 0 bridgehead atoms. The van der Waals surface area contributed by atoms with Crippen molar-refractivity contribution in [3.8, 4) is 11.8 Å². The third-order valence-corrected chi connectivity index (χ3v) is 2.27. The molecule has 2 rings (SSSR count). The lowest BCUT2D eigenvalue weighted by Gasteiger charge is -2.05. The van der Waals surface area contributed by atoms with Crippen molar-refractivity contribution in [1.82, 2.24) is 9.78 Å². The van der Waals surface area contributed by atoms with Crippen molar-refractivity contribution in [2.24, 2.45) is 0 Å². The lowest BCUT2D eigenvalue weighted by atomic mass is 10.2. The second-order valence-corrected chi connectivity index (χ2v) is 3.35. The Morgan fingerprint density at radius 3 is 2.62 bits per heavy atom. The van der Waals surface area contributed by atoms with Crippen molar-refractivity contribution in [2.45, 2.75) is 0 Å². The highest BCUT2D eigenvalue weighted by Gasteiger charge is 2.13. The molecule has 16 heavy (non-hydrogen) atoms. The molecule has 0 amide bonds. The fourth-order valence-corrected chi connectivity index (χ4v) is 1.44. The van der Waals surface area contributed by atoms with Gasteiger partial charge in [0.15, 0.2) is 0 Å². The Labute approximate surface area is 94.5 Å². The summed E-state index contributed by atoms with van der Waals surface area (Å²) in [6, 6.07) is 4.68. The van der Waals surface area contributed by atoms with E-state index in [0.29, 0.717) is 0 Å². The van der Waals surface area contributed by atoms with Gasteiger partial charge in [0.25, 0.3) is 0 Å². The smallest absolute Gasteiger partial charge is 0.150 e. The van der Waals surface area contributed by atoms with E-state index in [4.69, 9.17) is 16.9 Å². The largest absolute Gasteiger partial charge is 0.219 e.